The van der Waals surface area contributed by atoms with Crippen molar-refractivity contribution in [1.29, 1.82) is 0 Å². The first-order valence-corrected chi connectivity index (χ1v) is 3.02. The highest BCUT2D eigenvalue weighted by molar-refractivity contribution is 5.03. The summed E-state index contributed by atoms with van der Waals surface area (Å²) >= 11 is 0. The van der Waals surface area contributed by atoms with Gasteiger partial charge in [0.1, 0.15) is 12.9 Å². The van der Waals surface area contributed by atoms with Gasteiger partial charge in [-0.15, -0.1) is 0 Å². The summed E-state index contributed by atoms with van der Waals surface area (Å²) in [6.45, 7) is 1.00. The molecule has 1 heterocycles. The molecule has 0 atom stereocenters. The molecule has 0 spiro atoms. The maximum Gasteiger partial charge on any atom is 0.216 e. The summed E-state index contributed by atoms with van der Waals surface area (Å²) < 4.78 is 5.08. The number of nitrogens with zero attached hydrogens (tertiary/aromatic N) is 2. The van der Waals surface area contributed by atoms with E-state index >= 15 is 0 Å². The fraction of sp³-hybridized carbons (Fsp3) is 0.333. The molecule has 1 aromatic rings. The van der Waals surface area contributed by atoms with E-state index < -0.39 is 0 Å². The molecule has 0 amide bonds. The number of ether oxygens (including phenoxy) is 1. The molecule has 54 valence electrons. The third kappa shape index (κ3) is 1.99. The topological polar surface area (TPSA) is 61.0 Å². The molecule has 2 N–H and O–H groups in total. The number of aromatic nitrogens is 2. The zero-order valence-corrected chi connectivity index (χ0v) is 5.53. The lowest BCUT2D eigenvalue weighted by Crippen LogP contribution is -2.11. The monoisotopic (exact) mass is 139 g/mol. The Balaban J connectivity index is 2.43. The Morgan fingerprint density at radius 1 is 1.60 bits per heavy atom. The summed E-state index contributed by atoms with van der Waals surface area (Å²) in [7, 11) is 0. The fourth-order valence-corrected chi connectivity index (χ4v) is 0.527. The van der Waals surface area contributed by atoms with E-state index in [2.05, 4.69) is 9.97 Å². The molecule has 0 unspecified atom stereocenters. The highest BCUT2D eigenvalue weighted by atomic mass is 16.5. The average Bonchev–Trinajstić information content (AvgIpc) is 2.03. The molecule has 0 aromatic carbocycles. The van der Waals surface area contributed by atoms with Crippen LogP contribution in [0.25, 0.3) is 0 Å². The Hall–Kier alpha value is -1.16. The summed E-state index contributed by atoms with van der Waals surface area (Å²) in [6, 6.07) is 1.69. The summed E-state index contributed by atoms with van der Waals surface area (Å²) in [4.78, 5) is 7.56. The number of hydrogen-bond donors (Lipinski definition) is 1. The maximum atomic E-state index is 5.21. The highest BCUT2D eigenvalue weighted by Crippen LogP contribution is 1.99. The van der Waals surface area contributed by atoms with Crippen LogP contribution < -0.4 is 10.5 Å². The molecule has 0 aliphatic heterocycles. The Bertz CT molecular complexity index is 178. The van der Waals surface area contributed by atoms with Crippen LogP contribution in [0.2, 0.25) is 0 Å². The normalized spacial score (nSPS) is 9.30. The maximum absolute atomic E-state index is 5.21. The van der Waals surface area contributed by atoms with Crippen molar-refractivity contribution in [2.24, 2.45) is 5.73 Å². The molecular formula is C6H9N3O. The predicted molar refractivity (Wildman–Crippen MR) is 36.6 cm³/mol. The van der Waals surface area contributed by atoms with Crippen LogP contribution in [-0.2, 0) is 0 Å². The molecule has 0 aliphatic rings. The van der Waals surface area contributed by atoms with Gasteiger partial charge in [0.2, 0.25) is 5.88 Å². The van der Waals surface area contributed by atoms with E-state index in [0.717, 1.165) is 0 Å². The van der Waals surface area contributed by atoms with Gasteiger partial charge in [-0.05, 0) is 0 Å². The van der Waals surface area contributed by atoms with Crippen molar-refractivity contribution < 1.29 is 4.74 Å². The molecule has 1 aromatic heterocycles. The van der Waals surface area contributed by atoms with Gasteiger partial charge in [-0.3, -0.25) is 0 Å². The third-order valence-corrected chi connectivity index (χ3v) is 0.923. The minimum Gasteiger partial charge on any atom is -0.476 e. The van der Waals surface area contributed by atoms with Gasteiger partial charge in [0, 0.05) is 18.8 Å². The zero-order chi connectivity index (χ0) is 7.23. The molecule has 0 saturated carbocycles. The molecule has 0 bridgehead atoms. The summed E-state index contributed by atoms with van der Waals surface area (Å²) in [5.74, 6) is 0.570. The van der Waals surface area contributed by atoms with Crippen LogP contribution in [0.5, 0.6) is 5.88 Å². The minimum absolute atomic E-state index is 0.497. The Morgan fingerprint density at radius 2 is 2.50 bits per heavy atom. The second kappa shape index (κ2) is 3.79. The van der Waals surface area contributed by atoms with Crippen molar-refractivity contribution in [3.63, 3.8) is 0 Å². The minimum atomic E-state index is 0.497. The van der Waals surface area contributed by atoms with E-state index in [1.165, 1.54) is 6.33 Å². The van der Waals surface area contributed by atoms with E-state index in [0.29, 0.717) is 19.0 Å². The van der Waals surface area contributed by atoms with Crippen LogP contribution in [0.15, 0.2) is 18.6 Å². The van der Waals surface area contributed by atoms with E-state index in [1.54, 1.807) is 12.3 Å². The van der Waals surface area contributed by atoms with Crippen LogP contribution in [0, 0.1) is 0 Å². The Labute approximate surface area is 59.1 Å². The lowest BCUT2D eigenvalue weighted by atomic mass is 10.6. The first-order valence-electron chi connectivity index (χ1n) is 3.02. The molecule has 0 saturated heterocycles. The quantitative estimate of drug-likeness (QED) is 0.630. The van der Waals surface area contributed by atoms with Gasteiger partial charge in [0.15, 0.2) is 0 Å². The average molecular weight is 139 g/mol. The van der Waals surface area contributed by atoms with Gasteiger partial charge >= 0.3 is 0 Å². The fourth-order valence-electron chi connectivity index (χ4n) is 0.527. The van der Waals surface area contributed by atoms with Crippen molar-refractivity contribution in [3.8, 4) is 5.88 Å². The van der Waals surface area contributed by atoms with Gasteiger partial charge in [0.25, 0.3) is 0 Å². The van der Waals surface area contributed by atoms with E-state index in [1.807, 2.05) is 0 Å². The first-order chi connectivity index (χ1) is 4.93. The molecule has 0 aliphatic carbocycles. The van der Waals surface area contributed by atoms with Gasteiger partial charge in [0.05, 0.1) is 0 Å². The highest BCUT2D eigenvalue weighted by Gasteiger charge is 1.88. The van der Waals surface area contributed by atoms with Gasteiger partial charge in [-0.1, -0.05) is 0 Å². The summed E-state index contributed by atoms with van der Waals surface area (Å²) in [5, 5.41) is 0. The Morgan fingerprint density at radius 3 is 3.10 bits per heavy atom. The van der Waals surface area contributed by atoms with Crippen molar-refractivity contribution >= 4 is 0 Å². The molecule has 1 rings (SSSR count). The second-order valence-corrected chi connectivity index (χ2v) is 1.68. The lowest BCUT2D eigenvalue weighted by molar-refractivity contribution is 0.315. The lowest BCUT2D eigenvalue weighted by Gasteiger charge is -1.99. The van der Waals surface area contributed by atoms with Crippen molar-refractivity contribution in [2.75, 3.05) is 13.2 Å². The predicted octanol–water partition coefficient (Wildman–Crippen LogP) is -0.186. The first kappa shape index (κ1) is 6.95. The number of hydrogen-bond acceptors (Lipinski definition) is 4. The zero-order valence-electron chi connectivity index (χ0n) is 5.53. The van der Waals surface area contributed by atoms with E-state index in [-0.39, 0.29) is 0 Å². The molecule has 0 fully saturated rings. The molecular weight excluding hydrogens is 130 g/mol. The Kier molecular flexibility index (Phi) is 2.63. The third-order valence-electron chi connectivity index (χ3n) is 0.923. The molecule has 4 nitrogen and oxygen atoms in total. The van der Waals surface area contributed by atoms with Gasteiger partial charge in [-0.2, -0.15) is 0 Å². The van der Waals surface area contributed by atoms with Crippen molar-refractivity contribution in [3.05, 3.63) is 18.6 Å². The number of rotatable bonds is 3. The van der Waals surface area contributed by atoms with Crippen LogP contribution in [-0.4, -0.2) is 23.1 Å². The summed E-state index contributed by atoms with van der Waals surface area (Å²) in [5.41, 5.74) is 5.21. The standard InChI is InChI=1S/C6H9N3O/c7-2-4-10-6-1-3-8-5-9-6/h1,3,5H,2,4,7H2. The smallest absolute Gasteiger partial charge is 0.216 e. The molecule has 0 radical (unpaired) electrons. The van der Waals surface area contributed by atoms with Crippen LogP contribution in [0.4, 0.5) is 0 Å². The van der Waals surface area contributed by atoms with Crippen LogP contribution >= 0.6 is 0 Å². The van der Waals surface area contributed by atoms with E-state index in [9.17, 15) is 0 Å². The number of nitrogens with two attached hydrogens (primary N) is 1. The largest absolute Gasteiger partial charge is 0.476 e. The molecule has 10 heavy (non-hydrogen) atoms. The van der Waals surface area contributed by atoms with Crippen molar-refractivity contribution in [2.45, 2.75) is 0 Å². The van der Waals surface area contributed by atoms with Gasteiger partial charge < -0.3 is 10.5 Å². The van der Waals surface area contributed by atoms with Crippen LogP contribution in [0.1, 0.15) is 0 Å². The molecule has 4 heteroatoms. The van der Waals surface area contributed by atoms with Crippen molar-refractivity contribution in [1.82, 2.24) is 9.97 Å². The second-order valence-electron chi connectivity index (χ2n) is 1.68. The van der Waals surface area contributed by atoms with Gasteiger partial charge in [-0.25, -0.2) is 9.97 Å². The summed E-state index contributed by atoms with van der Waals surface area (Å²) in [6.07, 6.45) is 3.06. The van der Waals surface area contributed by atoms with E-state index in [4.69, 9.17) is 10.5 Å². The van der Waals surface area contributed by atoms with Crippen LogP contribution in [0.3, 0.4) is 0 Å². The SMILES string of the molecule is NCCOc1ccncn1.